The largest absolute Gasteiger partial charge is 0.370 e. The van der Waals surface area contributed by atoms with Gasteiger partial charge in [0, 0.05) is 48.8 Å². The van der Waals surface area contributed by atoms with Crippen molar-refractivity contribution in [3.05, 3.63) is 51.8 Å². The molecule has 0 spiro atoms. The van der Waals surface area contributed by atoms with Gasteiger partial charge in [-0.1, -0.05) is 30.2 Å². The minimum atomic E-state index is 0.248. The van der Waals surface area contributed by atoms with Crippen molar-refractivity contribution in [1.82, 2.24) is 14.7 Å². The number of hydrogen-bond donors (Lipinski definition) is 0. The monoisotopic (exact) mass is 373 g/mol. The summed E-state index contributed by atoms with van der Waals surface area (Å²) in [6.45, 7) is 2.44. The van der Waals surface area contributed by atoms with Crippen LogP contribution in [0.4, 0.5) is 0 Å². The van der Waals surface area contributed by atoms with Crippen LogP contribution >= 0.6 is 11.6 Å². The number of fused-ring (bicyclic) bond motifs is 1. The van der Waals surface area contributed by atoms with E-state index in [9.17, 15) is 4.79 Å². The van der Waals surface area contributed by atoms with Gasteiger partial charge in [0.15, 0.2) is 0 Å². The average molecular weight is 374 g/mol. The Morgan fingerprint density at radius 1 is 1.27 bits per heavy atom. The Morgan fingerprint density at radius 2 is 2.04 bits per heavy atom. The van der Waals surface area contributed by atoms with E-state index in [-0.39, 0.29) is 5.92 Å². The first-order valence-electron chi connectivity index (χ1n) is 9.26. The molecule has 0 bridgehead atoms. The zero-order chi connectivity index (χ0) is 18.1. The van der Waals surface area contributed by atoms with Crippen LogP contribution in [-0.2, 0) is 42.8 Å². The van der Waals surface area contributed by atoms with E-state index in [4.69, 9.17) is 16.3 Å². The van der Waals surface area contributed by atoms with Crippen LogP contribution in [0.15, 0.2) is 24.3 Å². The minimum absolute atomic E-state index is 0.248. The molecule has 2 heterocycles. The predicted molar refractivity (Wildman–Crippen MR) is 99.6 cm³/mol. The molecule has 1 saturated carbocycles. The van der Waals surface area contributed by atoms with Gasteiger partial charge in [-0.25, -0.2) is 0 Å². The van der Waals surface area contributed by atoms with Gasteiger partial charge in [-0.2, -0.15) is 5.10 Å². The van der Waals surface area contributed by atoms with Gasteiger partial charge >= 0.3 is 0 Å². The van der Waals surface area contributed by atoms with E-state index < -0.39 is 0 Å². The fraction of sp³-hybridized carbons (Fsp3) is 0.500. The van der Waals surface area contributed by atoms with Crippen LogP contribution in [0.1, 0.15) is 41.8 Å². The lowest BCUT2D eigenvalue weighted by molar-refractivity contribution is -0.139. The molecule has 5 nitrogen and oxygen atoms in total. The van der Waals surface area contributed by atoms with Gasteiger partial charge in [0.05, 0.1) is 18.9 Å². The molecule has 0 unspecified atom stereocenters. The van der Waals surface area contributed by atoms with Gasteiger partial charge in [-0.15, -0.1) is 0 Å². The van der Waals surface area contributed by atoms with Crippen LogP contribution in [0.2, 0.25) is 5.02 Å². The van der Waals surface area contributed by atoms with Gasteiger partial charge in [-0.3, -0.25) is 9.48 Å². The average Bonchev–Trinajstić information content (AvgIpc) is 2.91. The topological polar surface area (TPSA) is 47.4 Å². The third-order valence-corrected chi connectivity index (χ3v) is 5.76. The summed E-state index contributed by atoms with van der Waals surface area (Å²) in [7, 11) is 1.98. The van der Waals surface area contributed by atoms with E-state index in [0.717, 1.165) is 42.1 Å². The molecule has 1 aliphatic carbocycles. The van der Waals surface area contributed by atoms with Crippen LogP contribution in [-0.4, -0.2) is 27.1 Å². The summed E-state index contributed by atoms with van der Waals surface area (Å²) in [6.07, 6.45) is 4.15. The van der Waals surface area contributed by atoms with Crippen molar-refractivity contribution in [3.8, 4) is 0 Å². The van der Waals surface area contributed by atoms with E-state index >= 15 is 0 Å². The highest BCUT2D eigenvalue weighted by molar-refractivity contribution is 6.30. The van der Waals surface area contributed by atoms with E-state index in [1.807, 2.05) is 40.9 Å². The van der Waals surface area contributed by atoms with Crippen LogP contribution in [0.25, 0.3) is 0 Å². The molecule has 26 heavy (non-hydrogen) atoms. The van der Waals surface area contributed by atoms with Crippen LogP contribution in [0.5, 0.6) is 0 Å². The van der Waals surface area contributed by atoms with Gasteiger partial charge in [0.2, 0.25) is 5.91 Å². The first-order valence-corrected chi connectivity index (χ1v) is 9.64. The number of benzene rings is 1. The lowest BCUT2D eigenvalue weighted by Crippen LogP contribution is -2.42. The summed E-state index contributed by atoms with van der Waals surface area (Å²) in [4.78, 5) is 14.6. The second kappa shape index (κ2) is 7.41. The molecule has 1 aromatic carbocycles. The maximum absolute atomic E-state index is 12.6. The standard InChI is InChI=1S/C20H24ClN3O2/c1-23-19-9-10-24(20(25)15-3-2-4-15)11-17(19)18(22-23)13-26-12-14-5-7-16(21)8-6-14/h5-8,15H,2-4,9-13H2,1H3. The summed E-state index contributed by atoms with van der Waals surface area (Å²) in [5.74, 6) is 0.566. The molecule has 6 heteroatoms. The Kier molecular flexibility index (Phi) is 5.00. The van der Waals surface area contributed by atoms with Crippen molar-refractivity contribution < 1.29 is 9.53 Å². The smallest absolute Gasteiger partial charge is 0.225 e. The highest BCUT2D eigenvalue weighted by atomic mass is 35.5. The molecule has 0 radical (unpaired) electrons. The second-order valence-corrected chi connectivity index (χ2v) is 7.69. The number of nitrogens with zero attached hydrogens (tertiary/aromatic N) is 3. The number of carbonyl (C=O) groups is 1. The van der Waals surface area contributed by atoms with Gasteiger partial charge < -0.3 is 9.64 Å². The summed E-state index contributed by atoms with van der Waals surface area (Å²) in [5.41, 5.74) is 4.43. The zero-order valence-corrected chi connectivity index (χ0v) is 15.8. The van der Waals surface area contributed by atoms with Crippen molar-refractivity contribution in [1.29, 1.82) is 0 Å². The number of rotatable bonds is 5. The lowest BCUT2D eigenvalue weighted by Gasteiger charge is -2.34. The molecule has 1 aromatic heterocycles. The van der Waals surface area contributed by atoms with Crippen LogP contribution in [0.3, 0.4) is 0 Å². The number of aromatic nitrogens is 2. The Bertz CT molecular complexity index is 796. The third kappa shape index (κ3) is 3.51. The Balaban J connectivity index is 1.41. The highest BCUT2D eigenvalue weighted by Gasteiger charge is 2.33. The van der Waals surface area contributed by atoms with Gasteiger partial charge in [0.1, 0.15) is 0 Å². The summed E-state index contributed by atoms with van der Waals surface area (Å²) in [5, 5.41) is 5.37. The number of carbonyl (C=O) groups excluding carboxylic acids is 1. The summed E-state index contributed by atoms with van der Waals surface area (Å²) >= 11 is 5.91. The fourth-order valence-corrected chi connectivity index (χ4v) is 3.86. The number of halogens is 1. The minimum Gasteiger partial charge on any atom is -0.370 e. The zero-order valence-electron chi connectivity index (χ0n) is 15.1. The van der Waals surface area contributed by atoms with Crippen molar-refractivity contribution in [2.75, 3.05) is 6.54 Å². The third-order valence-electron chi connectivity index (χ3n) is 5.51. The van der Waals surface area contributed by atoms with E-state index in [1.165, 1.54) is 17.7 Å². The molecular weight excluding hydrogens is 350 g/mol. The second-order valence-electron chi connectivity index (χ2n) is 7.25. The van der Waals surface area contributed by atoms with Crippen LogP contribution < -0.4 is 0 Å². The molecule has 2 aromatic rings. The Labute approximate surface area is 158 Å². The van der Waals surface area contributed by atoms with Crippen molar-refractivity contribution in [2.24, 2.45) is 13.0 Å². The Hall–Kier alpha value is -1.85. The fourth-order valence-electron chi connectivity index (χ4n) is 3.73. The maximum atomic E-state index is 12.6. The molecule has 2 aliphatic rings. The predicted octanol–water partition coefficient (Wildman–Crippen LogP) is 3.48. The number of aryl methyl sites for hydroxylation is 1. The van der Waals surface area contributed by atoms with E-state index in [0.29, 0.717) is 25.7 Å². The van der Waals surface area contributed by atoms with Crippen LogP contribution in [0, 0.1) is 5.92 Å². The summed E-state index contributed by atoms with van der Waals surface area (Å²) in [6, 6.07) is 7.67. The Morgan fingerprint density at radius 3 is 2.73 bits per heavy atom. The molecule has 4 rings (SSSR count). The molecule has 0 N–H and O–H groups in total. The molecule has 0 atom stereocenters. The molecule has 138 valence electrons. The SMILES string of the molecule is Cn1nc(COCc2ccc(Cl)cc2)c2c1CCN(C(=O)C1CCC1)C2. The summed E-state index contributed by atoms with van der Waals surface area (Å²) < 4.78 is 7.82. The molecule has 1 aliphatic heterocycles. The first-order chi connectivity index (χ1) is 12.6. The van der Waals surface area contributed by atoms with Crippen molar-refractivity contribution in [2.45, 2.75) is 45.4 Å². The van der Waals surface area contributed by atoms with Crippen molar-refractivity contribution >= 4 is 17.5 Å². The number of hydrogen-bond acceptors (Lipinski definition) is 3. The highest BCUT2D eigenvalue weighted by Crippen LogP contribution is 2.31. The number of amides is 1. The molecule has 1 amide bonds. The van der Waals surface area contributed by atoms with Crippen molar-refractivity contribution in [3.63, 3.8) is 0 Å². The molecule has 0 saturated heterocycles. The van der Waals surface area contributed by atoms with E-state index in [1.54, 1.807) is 0 Å². The maximum Gasteiger partial charge on any atom is 0.225 e. The van der Waals surface area contributed by atoms with Gasteiger partial charge in [-0.05, 0) is 30.5 Å². The molecule has 1 fully saturated rings. The number of ether oxygens (including phenoxy) is 1. The molecular formula is C20H24ClN3O2. The van der Waals surface area contributed by atoms with Gasteiger partial charge in [0.25, 0.3) is 0 Å². The first kappa shape index (κ1) is 17.6. The van der Waals surface area contributed by atoms with E-state index in [2.05, 4.69) is 5.10 Å². The quantitative estimate of drug-likeness (QED) is 0.806. The normalized spacial score (nSPS) is 17.1. The lowest BCUT2D eigenvalue weighted by atomic mass is 9.84.